The van der Waals surface area contributed by atoms with Gasteiger partial charge >= 0.3 is 0 Å². The summed E-state index contributed by atoms with van der Waals surface area (Å²) in [5.74, 6) is -0.255. The van der Waals surface area contributed by atoms with Crippen molar-refractivity contribution in [2.45, 2.75) is 32.5 Å². The van der Waals surface area contributed by atoms with Gasteiger partial charge in [0.15, 0.2) is 5.79 Å². The molecule has 1 aliphatic heterocycles. The second-order valence-electron chi connectivity index (χ2n) is 2.52. The third-order valence-electron chi connectivity index (χ3n) is 1.63. The van der Waals surface area contributed by atoms with Crippen LogP contribution in [0.25, 0.3) is 0 Å². The lowest BCUT2D eigenvalue weighted by Gasteiger charge is -2.22. The summed E-state index contributed by atoms with van der Waals surface area (Å²) in [4.78, 5) is 0. The lowest BCUT2D eigenvalue weighted by atomic mass is 10.2. The Hall–Kier alpha value is -0.0800. The fourth-order valence-corrected chi connectivity index (χ4v) is 1.17. The van der Waals surface area contributed by atoms with Gasteiger partial charge in [0, 0.05) is 13.0 Å². The molecule has 0 aromatic rings. The molecule has 54 valence electrons. The van der Waals surface area contributed by atoms with Crippen LogP contribution in [-0.4, -0.2) is 19.0 Å². The van der Waals surface area contributed by atoms with Gasteiger partial charge in [-0.25, -0.2) is 0 Å². The molecule has 2 heteroatoms. The Balaban J connectivity index is 2.32. The molecule has 1 fully saturated rings. The summed E-state index contributed by atoms with van der Waals surface area (Å²) < 4.78 is 10.7. The summed E-state index contributed by atoms with van der Waals surface area (Å²) in [7, 11) is 0. The highest BCUT2D eigenvalue weighted by Gasteiger charge is 2.29. The molecule has 0 amide bonds. The normalized spacial score (nSPS) is 35.3. The quantitative estimate of drug-likeness (QED) is 0.564. The van der Waals surface area contributed by atoms with E-state index in [1.54, 1.807) is 0 Å². The number of ether oxygens (including phenoxy) is 2. The molecule has 0 N–H and O–H groups in total. The molecule has 1 atom stereocenters. The molecular weight excluding hydrogens is 116 g/mol. The van der Waals surface area contributed by atoms with Crippen molar-refractivity contribution < 1.29 is 9.47 Å². The topological polar surface area (TPSA) is 18.5 Å². The standard InChI is InChI=1S/C7H14O2/c1-3-8-7(2)5-4-6-9-7/h3-6H2,1-2H3. The molecule has 0 bridgehead atoms. The molecule has 1 heterocycles. The molecule has 9 heavy (non-hydrogen) atoms. The van der Waals surface area contributed by atoms with E-state index < -0.39 is 0 Å². The Labute approximate surface area is 56.2 Å². The van der Waals surface area contributed by atoms with Crippen LogP contribution in [0.1, 0.15) is 26.7 Å². The van der Waals surface area contributed by atoms with Gasteiger partial charge in [-0.15, -0.1) is 0 Å². The van der Waals surface area contributed by atoms with E-state index in [-0.39, 0.29) is 5.79 Å². The van der Waals surface area contributed by atoms with Crippen molar-refractivity contribution in [1.29, 1.82) is 0 Å². The van der Waals surface area contributed by atoms with Crippen molar-refractivity contribution in [3.63, 3.8) is 0 Å². The summed E-state index contributed by atoms with van der Waals surface area (Å²) in [6, 6.07) is 0. The minimum atomic E-state index is -0.255. The van der Waals surface area contributed by atoms with Crippen LogP contribution in [0.4, 0.5) is 0 Å². The Bertz CT molecular complexity index is 84.9. The largest absolute Gasteiger partial charge is 0.351 e. The van der Waals surface area contributed by atoms with Crippen LogP contribution in [0.15, 0.2) is 0 Å². The Morgan fingerprint density at radius 1 is 1.67 bits per heavy atom. The second kappa shape index (κ2) is 2.67. The van der Waals surface area contributed by atoms with Crippen molar-refractivity contribution in [2.24, 2.45) is 0 Å². The average molecular weight is 130 g/mol. The molecular formula is C7H14O2. The fourth-order valence-electron chi connectivity index (χ4n) is 1.17. The van der Waals surface area contributed by atoms with Crippen LogP contribution < -0.4 is 0 Å². The maximum absolute atomic E-state index is 5.37. The second-order valence-corrected chi connectivity index (χ2v) is 2.52. The lowest BCUT2D eigenvalue weighted by molar-refractivity contribution is -0.193. The summed E-state index contributed by atoms with van der Waals surface area (Å²) in [6.07, 6.45) is 2.18. The van der Waals surface area contributed by atoms with E-state index in [1.807, 2.05) is 13.8 Å². The summed E-state index contributed by atoms with van der Waals surface area (Å²) in [5, 5.41) is 0. The maximum Gasteiger partial charge on any atom is 0.165 e. The molecule has 0 saturated carbocycles. The van der Waals surface area contributed by atoms with Gasteiger partial charge in [-0.1, -0.05) is 0 Å². The van der Waals surface area contributed by atoms with Crippen LogP contribution in [0.3, 0.4) is 0 Å². The van der Waals surface area contributed by atoms with Crippen LogP contribution in [0, 0.1) is 0 Å². The van der Waals surface area contributed by atoms with E-state index in [2.05, 4.69) is 0 Å². The van der Waals surface area contributed by atoms with E-state index in [0.717, 1.165) is 26.1 Å². The van der Waals surface area contributed by atoms with Crippen molar-refractivity contribution in [1.82, 2.24) is 0 Å². The first-order valence-corrected chi connectivity index (χ1v) is 3.55. The average Bonchev–Trinajstić information content (AvgIpc) is 2.16. The van der Waals surface area contributed by atoms with Crippen molar-refractivity contribution in [3.05, 3.63) is 0 Å². The highest BCUT2D eigenvalue weighted by atomic mass is 16.7. The third kappa shape index (κ3) is 1.66. The van der Waals surface area contributed by atoms with Gasteiger partial charge in [0.25, 0.3) is 0 Å². The van der Waals surface area contributed by atoms with Gasteiger partial charge in [0.1, 0.15) is 0 Å². The van der Waals surface area contributed by atoms with E-state index in [1.165, 1.54) is 0 Å². The number of hydrogen-bond donors (Lipinski definition) is 0. The minimum Gasteiger partial charge on any atom is -0.351 e. The fraction of sp³-hybridized carbons (Fsp3) is 1.00. The predicted molar refractivity (Wildman–Crippen MR) is 35.2 cm³/mol. The van der Waals surface area contributed by atoms with E-state index in [9.17, 15) is 0 Å². The first-order valence-electron chi connectivity index (χ1n) is 3.55. The predicted octanol–water partition coefficient (Wildman–Crippen LogP) is 1.55. The van der Waals surface area contributed by atoms with Gasteiger partial charge < -0.3 is 9.47 Å². The van der Waals surface area contributed by atoms with Gasteiger partial charge in [0.2, 0.25) is 0 Å². The minimum absolute atomic E-state index is 0.255. The summed E-state index contributed by atoms with van der Waals surface area (Å²) >= 11 is 0. The number of rotatable bonds is 2. The van der Waals surface area contributed by atoms with Crippen molar-refractivity contribution in [2.75, 3.05) is 13.2 Å². The van der Waals surface area contributed by atoms with Crippen LogP contribution in [0.5, 0.6) is 0 Å². The van der Waals surface area contributed by atoms with Gasteiger partial charge in [0.05, 0.1) is 6.61 Å². The zero-order valence-electron chi connectivity index (χ0n) is 6.14. The van der Waals surface area contributed by atoms with Crippen LogP contribution in [-0.2, 0) is 9.47 Å². The molecule has 0 aromatic heterocycles. The summed E-state index contributed by atoms with van der Waals surface area (Å²) in [5.41, 5.74) is 0. The van der Waals surface area contributed by atoms with E-state index >= 15 is 0 Å². The molecule has 0 aromatic carbocycles. The highest BCUT2D eigenvalue weighted by Crippen LogP contribution is 2.25. The molecule has 1 unspecified atom stereocenters. The first-order chi connectivity index (χ1) is 4.27. The van der Waals surface area contributed by atoms with Gasteiger partial charge in [-0.05, 0) is 20.3 Å². The Kier molecular flexibility index (Phi) is 2.09. The first kappa shape index (κ1) is 7.03. The zero-order valence-corrected chi connectivity index (χ0v) is 6.14. The molecule has 0 spiro atoms. The Morgan fingerprint density at radius 2 is 2.44 bits per heavy atom. The maximum atomic E-state index is 5.37. The molecule has 1 aliphatic rings. The molecule has 1 rings (SSSR count). The van der Waals surface area contributed by atoms with Crippen molar-refractivity contribution >= 4 is 0 Å². The van der Waals surface area contributed by atoms with E-state index in [0.29, 0.717) is 0 Å². The van der Waals surface area contributed by atoms with Crippen LogP contribution >= 0.6 is 0 Å². The highest BCUT2D eigenvalue weighted by molar-refractivity contribution is 4.68. The van der Waals surface area contributed by atoms with E-state index in [4.69, 9.17) is 9.47 Å². The van der Waals surface area contributed by atoms with Gasteiger partial charge in [-0.2, -0.15) is 0 Å². The smallest absolute Gasteiger partial charge is 0.165 e. The third-order valence-corrected chi connectivity index (χ3v) is 1.63. The molecule has 0 radical (unpaired) electrons. The molecule has 0 aliphatic carbocycles. The molecule has 1 saturated heterocycles. The monoisotopic (exact) mass is 130 g/mol. The SMILES string of the molecule is CCOC1(C)CCCO1. The number of hydrogen-bond acceptors (Lipinski definition) is 2. The van der Waals surface area contributed by atoms with Gasteiger partial charge in [-0.3, -0.25) is 0 Å². The molecule has 2 nitrogen and oxygen atoms in total. The lowest BCUT2D eigenvalue weighted by Crippen LogP contribution is -2.26. The van der Waals surface area contributed by atoms with Crippen molar-refractivity contribution in [3.8, 4) is 0 Å². The van der Waals surface area contributed by atoms with Crippen LogP contribution in [0.2, 0.25) is 0 Å². The zero-order chi connectivity index (χ0) is 6.74. The summed E-state index contributed by atoms with van der Waals surface area (Å²) in [6.45, 7) is 5.60. The Morgan fingerprint density at radius 3 is 2.89 bits per heavy atom.